The maximum absolute atomic E-state index is 12.5. The molecule has 0 radical (unpaired) electrons. The molecule has 0 bridgehead atoms. The predicted molar refractivity (Wildman–Crippen MR) is 131 cm³/mol. The van der Waals surface area contributed by atoms with Gasteiger partial charge in [-0.3, -0.25) is 14.0 Å². The molecule has 10 nitrogen and oxygen atoms in total. The number of anilines is 1. The number of imidazole rings is 1. The topological polar surface area (TPSA) is 128 Å². The van der Waals surface area contributed by atoms with Gasteiger partial charge in [0, 0.05) is 26.6 Å². The Hall–Kier alpha value is -2.33. The van der Waals surface area contributed by atoms with Crippen LogP contribution in [0.4, 0.5) is 19.0 Å². The van der Waals surface area contributed by atoms with Gasteiger partial charge in [0.25, 0.3) is 0 Å². The zero-order valence-corrected chi connectivity index (χ0v) is 20.2. The summed E-state index contributed by atoms with van der Waals surface area (Å²) in [6.07, 6.45) is -4.33. The van der Waals surface area contributed by atoms with Gasteiger partial charge in [0.2, 0.25) is 0 Å². The first-order valence-corrected chi connectivity index (χ1v) is 11.9. The number of alkyl halides is 3. The van der Waals surface area contributed by atoms with Crippen molar-refractivity contribution in [3.8, 4) is 11.5 Å². The second-order valence-electron chi connectivity index (χ2n) is 7.98. The molecule has 37 heavy (non-hydrogen) atoms. The van der Waals surface area contributed by atoms with Crippen molar-refractivity contribution in [3.05, 3.63) is 71.2 Å². The Labute approximate surface area is 234 Å². The van der Waals surface area contributed by atoms with E-state index in [0.29, 0.717) is 24.4 Å². The summed E-state index contributed by atoms with van der Waals surface area (Å²) in [5, 5.41) is 0. The van der Waals surface area contributed by atoms with Gasteiger partial charge in [0.05, 0.1) is 19.5 Å². The van der Waals surface area contributed by atoms with Crippen LogP contribution in [0.1, 0.15) is 22.6 Å². The van der Waals surface area contributed by atoms with E-state index < -0.39 is 16.8 Å². The summed E-state index contributed by atoms with van der Waals surface area (Å²) in [5.41, 5.74) is 2.85. The summed E-state index contributed by atoms with van der Waals surface area (Å²) in [6.45, 7) is 2.20. The van der Waals surface area contributed by atoms with Gasteiger partial charge in [-0.15, -0.1) is 13.2 Å². The van der Waals surface area contributed by atoms with Crippen LogP contribution >= 0.6 is 0 Å². The van der Waals surface area contributed by atoms with Crippen LogP contribution in [0.3, 0.4) is 0 Å². The molecule has 1 aliphatic rings. The summed E-state index contributed by atoms with van der Waals surface area (Å²) >= 11 is 0. The molecule has 198 valence electrons. The molecule has 0 atom stereocenters. The molecule has 0 saturated carbocycles. The van der Waals surface area contributed by atoms with Crippen molar-refractivity contribution in [1.29, 1.82) is 0 Å². The Morgan fingerprint density at radius 3 is 2.32 bits per heavy atom. The number of aromatic amines is 1. The van der Waals surface area contributed by atoms with E-state index in [4.69, 9.17) is 22.3 Å². The van der Waals surface area contributed by atoms with E-state index in [2.05, 4.69) is 24.5 Å². The molecule has 0 saturated heterocycles. The molecule has 2 heterocycles. The quantitative estimate of drug-likeness (QED) is 0.311. The number of hydrogen-bond acceptors (Lipinski definition) is 7. The van der Waals surface area contributed by atoms with Gasteiger partial charge in [-0.1, -0.05) is 24.3 Å². The van der Waals surface area contributed by atoms with E-state index in [1.54, 1.807) is 19.2 Å². The minimum atomic E-state index is -4.71. The zero-order chi connectivity index (χ0) is 26.5. The van der Waals surface area contributed by atoms with Crippen molar-refractivity contribution in [1.82, 2.24) is 14.9 Å². The first-order valence-electron chi connectivity index (χ1n) is 10.5. The molecule has 0 fully saturated rings. The molecular formula is C22H26F3N4NaO6S. The molecule has 0 aliphatic carbocycles. The Morgan fingerprint density at radius 1 is 1.08 bits per heavy atom. The molecule has 4 rings (SSSR count). The van der Waals surface area contributed by atoms with Crippen LogP contribution in [0.5, 0.6) is 11.5 Å². The van der Waals surface area contributed by atoms with Crippen molar-refractivity contribution in [2.75, 3.05) is 25.7 Å². The van der Waals surface area contributed by atoms with Crippen LogP contribution < -0.4 is 14.4 Å². The van der Waals surface area contributed by atoms with Crippen LogP contribution in [0.2, 0.25) is 0 Å². The van der Waals surface area contributed by atoms with Crippen LogP contribution in [0.25, 0.3) is 0 Å². The number of fused-ring (bicyclic) bond motifs is 1. The van der Waals surface area contributed by atoms with Crippen molar-refractivity contribution < 1.29 is 40.2 Å². The van der Waals surface area contributed by atoms with Crippen molar-refractivity contribution >= 4 is 45.8 Å². The molecule has 2 aromatic carbocycles. The van der Waals surface area contributed by atoms with Gasteiger partial charge in [0.15, 0.2) is 5.82 Å². The summed E-state index contributed by atoms with van der Waals surface area (Å²) < 4.78 is 78.2. The number of methoxy groups -OCH3 is 1. The number of halogens is 3. The van der Waals surface area contributed by atoms with Gasteiger partial charge in [-0.05, 0) is 35.4 Å². The van der Waals surface area contributed by atoms with Crippen LogP contribution in [-0.2, 0) is 29.9 Å². The third-order valence-corrected chi connectivity index (χ3v) is 5.03. The monoisotopic (exact) mass is 554 g/mol. The molecule has 15 heteroatoms. The number of hydrogen-bond donors (Lipinski definition) is 3. The molecule has 3 N–H and O–H groups in total. The summed E-state index contributed by atoms with van der Waals surface area (Å²) in [5.74, 6) is 2.16. The third-order valence-electron chi connectivity index (χ3n) is 5.03. The van der Waals surface area contributed by atoms with E-state index in [9.17, 15) is 13.2 Å². The molecule has 1 aliphatic heterocycles. The Balaban J connectivity index is 0.000000734. The van der Waals surface area contributed by atoms with Crippen LogP contribution in [0.15, 0.2) is 48.5 Å². The maximum atomic E-state index is 12.5. The summed E-state index contributed by atoms with van der Waals surface area (Å²) in [6, 6.07) is 13.9. The Bertz CT molecular complexity index is 1260. The zero-order valence-electron chi connectivity index (χ0n) is 19.4. The van der Waals surface area contributed by atoms with Crippen molar-refractivity contribution in [3.63, 3.8) is 0 Å². The fourth-order valence-electron chi connectivity index (χ4n) is 3.74. The van der Waals surface area contributed by atoms with E-state index in [1.807, 2.05) is 31.3 Å². The number of H-pyrrole nitrogens is 1. The van der Waals surface area contributed by atoms with Crippen LogP contribution in [0, 0.1) is 0 Å². The Morgan fingerprint density at radius 2 is 1.73 bits per heavy atom. The number of ether oxygens (including phenoxy) is 2. The van der Waals surface area contributed by atoms with Gasteiger partial charge in [0.1, 0.15) is 17.3 Å². The molecule has 1 aromatic heterocycles. The molecule has 0 amide bonds. The Kier molecular flexibility index (Phi) is 10.8. The first-order chi connectivity index (χ1) is 16.8. The van der Waals surface area contributed by atoms with Crippen molar-refractivity contribution in [2.24, 2.45) is 0 Å². The van der Waals surface area contributed by atoms with E-state index in [-0.39, 0.29) is 35.3 Å². The third kappa shape index (κ3) is 10.5. The predicted octanol–water partition coefficient (Wildman–Crippen LogP) is 3.02. The minimum absolute atomic E-state index is 0. The molecule has 0 unspecified atom stereocenters. The number of aromatic nitrogens is 2. The first kappa shape index (κ1) is 30.9. The van der Waals surface area contributed by atoms with E-state index >= 15 is 0 Å². The van der Waals surface area contributed by atoms with Gasteiger partial charge < -0.3 is 19.4 Å². The average Bonchev–Trinajstić information content (AvgIpc) is 3.15. The van der Waals surface area contributed by atoms with E-state index in [1.165, 1.54) is 17.7 Å². The van der Waals surface area contributed by atoms with Gasteiger partial charge >= 0.3 is 46.3 Å². The summed E-state index contributed by atoms with van der Waals surface area (Å²) in [4.78, 5) is 12.3. The van der Waals surface area contributed by atoms with E-state index in [0.717, 1.165) is 30.5 Å². The van der Waals surface area contributed by atoms with Crippen LogP contribution in [-0.4, -0.2) is 89.1 Å². The van der Waals surface area contributed by atoms with Crippen molar-refractivity contribution in [2.45, 2.75) is 25.9 Å². The average molecular weight is 555 g/mol. The number of nitrogens with one attached hydrogen (secondary N) is 1. The second-order valence-corrected chi connectivity index (χ2v) is 8.88. The fourth-order valence-corrected chi connectivity index (χ4v) is 3.74. The summed E-state index contributed by atoms with van der Waals surface area (Å²) in [7, 11) is -1.05. The second kappa shape index (κ2) is 13.0. The SMILES string of the molecule is COc1ccc(CN2Cc3[nH]c(Cc4cccc(OC(F)(F)F)c4)nc3N(C)C2)cc1.O=S(=O)(O)O.[NaH]. The fraction of sp³-hybridized carbons (Fsp3) is 0.318. The number of rotatable bonds is 6. The molecular weight excluding hydrogens is 528 g/mol. The number of benzene rings is 2. The van der Waals surface area contributed by atoms with Gasteiger partial charge in [-0.25, -0.2) is 4.98 Å². The normalized spacial score (nSPS) is 13.6. The standard InChI is InChI=1S/C22H23F3N4O2.Na.H2O4S.H/c1-28-14-29(12-15-6-8-17(30-2)9-7-15)13-19-21(28)27-20(26-19)11-16-4-3-5-18(10-16)31-22(23,24)25;;1-5(2,3)4;/h3-10H,11-14H2,1-2H3,(H,26,27);;(H2,1,2,3,4);. The van der Waals surface area contributed by atoms with Gasteiger partial charge in [-0.2, -0.15) is 8.42 Å². The molecule has 0 spiro atoms. The number of nitrogens with zero attached hydrogens (tertiary/aromatic N) is 3. The molecule has 3 aromatic rings.